The standard InChI is InChI=1S/C30H28F5NO3/c31-25-26(32)28(34)30(29(35)27(25)33)39-24(37)9-7-5-3-1-2-4-6-8-18-38-23-16-14-22(15-17-23)21-12-10-20(19-36)11-13-21/h10-17H,1-9,18H2. The fourth-order valence-corrected chi connectivity index (χ4v) is 3.94. The number of carbonyl (C=O) groups is 1. The molecule has 206 valence electrons. The highest BCUT2D eigenvalue weighted by Crippen LogP contribution is 2.29. The Morgan fingerprint density at radius 2 is 1.10 bits per heavy atom. The highest BCUT2D eigenvalue weighted by Gasteiger charge is 2.28. The van der Waals surface area contributed by atoms with Gasteiger partial charge >= 0.3 is 5.97 Å². The van der Waals surface area contributed by atoms with E-state index in [0.717, 1.165) is 55.4 Å². The second kappa shape index (κ2) is 14.9. The van der Waals surface area contributed by atoms with Gasteiger partial charge in [0.2, 0.25) is 34.8 Å². The van der Waals surface area contributed by atoms with Crippen LogP contribution < -0.4 is 9.47 Å². The molecule has 3 aromatic rings. The van der Waals surface area contributed by atoms with Gasteiger partial charge < -0.3 is 9.47 Å². The number of nitriles is 1. The van der Waals surface area contributed by atoms with E-state index in [9.17, 15) is 26.7 Å². The predicted molar refractivity (Wildman–Crippen MR) is 136 cm³/mol. The Kier molecular flexibility index (Phi) is 11.3. The van der Waals surface area contributed by atoms with Crippen molar-refractivity contribution < 1.29 is 36.2 Å². The van der Waals surface area contributed by atoms with Crippen LogP contribution in [0.25, 0.3) is 11.1 Å². The van der Waals surface area contributed by atoms with Crippen molar-refractivity contribution in [2.45, 2.75) is 57.8 Å². The lowest BCUT2D eigenvalue weighted by molar-refractivity contribution is -0.135. The van der Waals surface area contributed by atoms with Gasteiger partial charge in [0.1, 0.15) is 5.75 Å². The van der Waals surface area contributed by atoms with Crippen LogP contribution in [0.5, 0.6) is 11.5 Å². The summed E-state index contributed by atoms with van der Waals surface area (Å²) in [7, 11) is 0. The second-order valence-corrected chi connectivity index (χ2v) is 9.01. The summed E-state index contributed by atoms with van der Waals surface area (Å²) in [6.07, 6.45) is 6.63. The summed E-state index contributed by atoms with van der Waals surface area (Å²) in [5.74, 6) is -12.8. The molecule has 0 aromatic heterocycles. The number of unbranched alkanes of at least 4 members (excludes halogenated alkanes) is 7. The molecule has 0 atom stereocenters. The average Bonchev–Trinajstić information content (AvgIpc) is 2.96. The number of rotatable bonds is 14. The van der Waals surface area contributed by atoms with Crippen molar-refractivity contribution in [3.63, 3.8) is 0 Å². The Labute approximate surface area is 224 Å². The van der Waals surface area contributed by atoms with Gasteiger partial charge in [-0.25, -0.2) is 13.2 Å². The Morgan fingerprint density at radius 3 is 1.64 bits per heavy atom. The lowest BCUT2D eigenvalue weighted by Crippen LogP contribution is -2.13. The van der Waals surface area contributed by atoms with E-state index in [1.54, 1.807) is 12.1 Å². The minimum absolute atomic E-state index is 0.189. The third-order valence-corrected chi connectivity index (χ3v) is 6.13. The van der Waals surface area contributed by atoms with Gasteiger partial charge in [-0.15, -0.1) is 0 Å². The van der Waals surface area contributed by atoms with Gasteiger partial charge in [0, 0.05) is 6.42 Å². The number of halogens is 5. The molecule has 39 heavy (non-hydrogen) atoms. The van der Waals surface area contributed by atoms with Crippen LogP contribution in [0.4, 0.5) is 22.0 Å². The summed E-state index contributed by atoms with van der Waals surface area (Å²) in [6, 6.07) is 17.3. The third kappa shape index (κ3) is 8.54. The zero-order valence-corrected chi connectivity index (χ0v) is 21.3. The SMILES string of the molecule is N#Cc1ccc(-c2ccc(OCCCCCCCCCCC(=O)Oc3c(F)c(F)c(F)c(F)c3F)cc2)cc1. The van der Waals surface area contributed by atoms with E-state index in [-0.39, 0.29) is 6.42 Å². The maximum absolute atomic E-state index is 13.6. The Morgan fingerprint density at radius 1 is 0.641 bits per heavy atom. The van der Waals surface area contributed by atoms with Crippen LogP contribution in [0.15, 0.2) is 48.5 Å². The smallest absolute Gasteiger partial charge is 0.311 e. The Bertz CT molecular complexity index is 1260. The summed E-state index contributed by atoms with van der Waals surface area (Å²) in [4.78, 5) is 11.8. The van der Waals surface area contributed by atoms with Crippen LogP contribution in [-0.2, 0) is 4.79 Å². The van der Waals surface area contributed by atoms with Gasteiger partial charge in [-0.05, 0) is 48.2 Å². The first-order valence-electron chi connectivity index (χ1n) is 12.8. The van der Waals surface area contributed by atoms with Crippen molar-refractivity contribution >= 4 is 5.97 Å². The summed E-state index contributed by atoms with van der Waals surface area (Å²) < 4.78 is 76.7. The number of esters is 1. The van der Waals surface area contributed by atoms with E-state index in [4.69, 9.17) is 10.00 Å². The molecular weight excluding hydrogens is 517 g/mol. The molecular formula is C30H28F5NO3. The van der Waals surface area contributed by atoms with Crippen molar-refractivity contribution in [2.75, 3.05) is 6.61 Å². The molecule has 0 radical (unpaired) electrons. The molecule has 0 aliphatic rings. The molecule has 0 saturated heterocycles. The lowest BCUT2D eigenvalue weighted by Gasteiger charge is -2.09. The van der Waals surface area contributed by atoms with Crippen LogP contribution in [0.3, 0.4) is 0 Å². The summed E-state index contributed by atoms with van der Waals surface area (Å²) in [5.41, 5.74) is 2.70. The average molecular weight is 546 g/mol. The first kappa shape index (κ1) is 29.6. The van der Waals surface area contributed by atoms with Crippen LogP contribution in [0.1, 0.15) is 63.4 Å². The first-order chi connectivity index (χ1) is 18.8. The second-order valence-electron chi connectivity index (χ2n) is 9.01. The molecule has 0 saturated carbocycles. The molecule has 0 fully saturated rings. The van der Waals surface area contributed by atoms with E-state index < -0.39 is 40.8 Å². The molecule has 4 nitrogen and oxygen atoms in total. The zero-order chi connectivity index (χ0) is 28.2. The summed E-state index contributed by atoms with van der Waals surface area (Å²) in [6.45, 7) is 0.612. The van der Waals surface area contributed by atoms with Gasteiger partial charge in [-0.2, -0.15) is 14.0 Å². The van der Waals surface area contributed by atoms with Crippen molar-refractivity contribution in [3.8, 4) is 28.7 Å². The van der Waals surface area contributed by atoms with Gasteiger partial charge in [0.25, 0.3) is 0 Å². The van der Waals surface area contributed by atoms with Gasteiger partial charge in [-0.3, -0.25) is 4.79 Å². The van der Waals surface area contributed by atoms with E-state index in [0.29, 0.717) is 25.0 Å². The number of hydrogen-bond donors (Lipinski definition) is 0. The van der Waals surface area contributed by atoms with Crippen molar-refractivity contribution in [1.82, 2.24) is 0 Å². The molecule has 0 spiro atoms. The van der Waals surface area contributed by atoms with E-state index >= 15 is 0 Å². The van der Waals surface area contributed by atoms with Crippen molar-refractivity contribution in [2.24, 2.45) is 0 Å². The fourth-order valence-electron chi connectivity index (χ4n) is 3.94. The zero-order valence-electron chi connectivity index (χ0n) is 21.3. The Hall–Kier alpha value is -3.93. The molecule has 0 N–H and O–H groups in total. The molecule has 0 bridgehead atoms. The normalized spacial score (nSPS) is 10.8. The van der Waals surface area contributed by atoms with Crippen LogP contribution in [0, 0.1) is 40.4 Å². The molecule has 0 amide bonds. The highest BCUT2D eigenvalue weighted by molar-refractivity contribution is 5.72. The van der Waals surface area contributed by atoms with Gasteiger partial charge in [0.05, 0.1) is 18.2 Å². The van der Waals surface area contributed by atoms with Gasteiger partial charge in [-0.1, -0.05) is 62.8 Å². The number of hydrogen-bond acceptors (Lipinski definition) is 4. The maximum Gasteiger partial charge on any atom is 0.311 e. The number of benzene rings is 3. The van der Waals surface area contributed by atoms with Crippen LogP contribution in [0.2, 0.25) is 0 Å². The van der Waals surface area contributed by atoms with E-state index in [2.05, 4.69) is 10.8 Å². The topological polar surface area (TPSA) is 59.3 Å². The molecule has 9 heteroatoms. The number of carbonyl (C=O) groups excluding carboxylic acids is 1. The van der Waals surface area contributed by atoms with Crippen molar-refractivity contribution in [3.05, 3.63) is 83.2 Å². The monoisotopic (exact) mass is 545 g/mol. The van der Waals surface area contributed by atoms with Gasteiger partial charge in [0.15, 0.2) is 0 Å². The summed E-state index contributed by atoms with van der Waals surface area (Å²) in [5, 5.41) is 8.89. The third-order valence-electron chi connectivity index (χ3n) is 6.13. The largest absolute Gasteiger partial charge is 0.494 e. The molecule has 0 heterocycles. The van der Waals surface area contributed by atoms with Crippen molar-refractivity contribution in [1.29, 1.82) is 5.26 Å². The molecule has 3 aromatic carbocycles. The molecule has 0 aliphatic carbocycles. The minimum Gasteiger partial charge on any atom is -0.494 e. The fraction of sp³-hybridized carbons (Fsp3) is 0.333. The van der Waals surface area contributed by atoms with Crippen LogP contribution in [-0.4, -0.2) is 12.6 Å². The molecule has 0 unspecified atom stereocenters. The number of ether oxygens (including phenoxy) is 2. The molecule has 0 aliphatic heterocycles. The minimum atomic E-state index is -2.30. The highest BCUT2D eigenvalue weighted by atomic mass is 19.2. The van der Waals surface area contributed by atoms with E-state index in [1.165, 1.54) is 0 Å². The van der Waals surface area contributed by atoms with E-state index in [1.807, 2.05) is 36.4 Å². The Balaban J connectivity index is 1.22. The summed E-state index contributed by atoms with van der Waals surface area (Å²) >= 11 is 0. The molecule has 3 rings (SSSR count). The predicted octanol–water partition coefficient (Wildman–Crippen LogP) is 8.42. The first-order valence-corrected chi connectivity index (χ1v) is 12.8. The number of nitrogens with zero attached hydrogens (tertiary/aromatic N) is 1. The lowest BCUT2D eigenvalue weighted by atomic mass is 10.0. The van der Waals surface area contributed by atoms with Crippen LogP contribution >= 0.6 is 0 Å². The maximum atomic E-state index is 13.6. The quantitative estimate of drug-likeness (QED) is 0.0510.